The van der Waals surface area contributed by atoms with Gasteiger partial charge in [0.2, 0.25) is 0 Å². The van der Waals surface area contributed by atoms with Gasteiger partial charge in [-0.1, -0.05) is 0 Å². The first kappa shape index (κ1) is 10.2. The molecule has 1 aromatic rings. The van der Waals surface area contributed by atoms with Crippen molar-refractivity contribution in [1.29, 1.82) is 0 Å². The number of hydrogen-bond acceptors (Lipinski definition) is 4. The SMILES string of the molecule is Cc1ncc(C2CCNCC2C(=O)O)o1. The zero-order valence-corrected chi connectivity index (χ0v) is 8.56. The van der Waals surface area contributed by atoms with E-state index in [2.05, 4.69) is 10.3 Å². The zero-order chi connectivity index (χ0) is 10.8. The number of carboxylic acids is 1. The highest BCUT2D eigenvalue weighted by Crippen LogP contribution is 2.30. The standard InChI is InChI=1S/C10H14N2O3/c1-6-12-5-9(15-6)7-2-3-11-4-8(7)10(13)14/h5,7-8,11H,2-4H2,1H3,(H,13,14). The van der Waals surface area contributed by atoms with Crippen LogP contribution >= 0.6 is 0 Å². The Kier molecular flexibility index (Phi) is 2.73. The molecule has 1 saturated heterocycles. The molecule has 5 heteroatoms. The van der Waals surface area contributed by atoms with Gasteiger partial charge in [-0.25, -0.2) is 4.98 Å². The lowest BCUT2D eigenvalue weighted by atomic mass is 9.85. The predicted octanol–water partition coefficient (Wildman–Crippen LogP) is 0.761. The second kappa shape index (κ2) is 4.02. The van der Waals surface area contributed by atoms with Crippen LogP contribution in [0.15, 0.2) is 10.6 Å². The Labute approximate surface area is 87.5 Å². The van der Waals surface area contributed by atoms with Crippen molar-refractivity contribution < 1.29 is 14.3 Å². The molecule has 1 aliphatic heterocycles. The lowest BCUT2D eigenvalue weighted by Gasteiger charge is -2.27. The molecule has 1 aliphatic rings. The van der Waals surface area contributed by atoms with Gasteiger partial charge in [0.25, 0.3) is 0 Å². The van der Waals surface area contributed by atoms with Gasteiger partial charge in [-0.2, -0.15) is 0 Å². The first-order valence-corrected chi connectivity index (χ1v) is 5.04. The molecule has 2 rings (SSSR count). The van der Waals surface area contributed by atoms with E-state index in [0.717, 1.165) is 13.0 Å². The summed E-state index contributed by atoms with van der Waals surface area (Å²) in [5.74, 6) is 0.0476. The number of carbonyl (C=O) groups is 1. The van der Waals surface area contributed by atoms with Crippen LogP contribution in [0.4, 0.5) is 0 Å². The van der Waals surface area contributed by atoms with Gasteiger partial charge in [0.1, 0.15) is 5.76 Å². The fourth-order valence-corrected chi connectivity index (χ4v) is 2.01. The van der Waals surface area contributed by atoms with Crippen LogP contribution in [-0.2, 0) is 4.79 Å². The van der Waals surface area contributed by atoms with E-state index in [1.165, 1.54) is 0 Å². The molecule has 0 aromatic carbocycles. The van der Waals surface area contributed by atoms with Crippen LogP contribution in [0.2, 0.25) is 0 Å². The van der Waals surface area contributed by atoms with Crippen LogP contribution in [0, 0.1) is 12.8 Å². The molecule has 2 N–H and O–H groups in total. The number of aryl methyl sites for hydroxylation is 1. The highest BCUT2D eigenvalue weighted by molar-refractivity contribution is 5.71. The summed E-state index contributed by atoms with van der Waals surface area (Å²) in [7, 11) is 0. The van der Waals surface area contributed by atoms with E-state index < -0.39 is 11.9 Å². The molecule has 15 heavy (non-hydrogen) atoms. The summed E-state index contributed by atoms with van der Waals surface area (Å²) < 4.78 is 5.40. The molecular weight excluding hydrogens is 196 g/mol. The first-order valence-electron chi connectivity index (χ1n) is 5.04. The molecule has 0 saturated carbocycles. The fourth-order valence-electron chi connectivity index (χ4n) is 2.01. The number of oxazole rings is 1. The quantitative estimate of drug-likeness (QED) is 0.753. The van der Waals surface area contributed by atoms with Crippen LogP contribution < -0.4 is 5.32 Å². The summed E-state index contributed by atoms with van der Waals surface area (Å²) in [5.41, 5.74) is 0. The third-order valence-corrected chi connectivity index (χ3v) is 2.80. The van der Waals surface area contributed by atoms with Crippen molar-refractivity contribution in [3.8, 4) is 0 Å². The number of piperidine rings is 1. The highest BCUT2D eigenvalue weighted by atomic mass is 16.4. The first-order chi connectivity index (χ1) is 7.18. The van der Waals surface area contributed by atoms with Gasteiger partial charge in [0.15, 0.2) is 5.89 Å². The Morgan fingerprint density at radius 1 is 1.73 bits per heavy atom. The van der Waals surface area contributed by atoms with Gasteiger partial charge in [-0.15, -0.1) is 0 Å². The number of rotatable bonds is 2. The van der Waals surface area contributed by atoms with Gasteiger partial charge in [-0.05, 0) is 13.0 Å². The van der Waals surface area contributed by atoms with Gasteiger partial charge in [0.05, 0.1) is 12.1 Å². The molecule has 2 heterocycles. The summed E-state index contributed by atoms with van der Waals surface area (Å²) in [6.07, 6.45) is 2.42. The summed E-state index contributed by atoms with van der Waals surface area (Å²) in [4.78, 5) is 15.0. The predicted molar refractivity (Wildman–Crippen MR) is 52.6 cm³/mol. The molecule has 2 atom stereocenters. The third-order valence-electron chi connectivity index (χ3n) is 2.80. The van der Waals surface area contributed by atoms with Crippen LogP contribution in [0.25, 0.3) is 0 Å². The molecule has 82 valence electrons. The van der Waals surface area contributed by atoms with Crippen molar-refractivity contribution in [2.45, 2.75) is 19.3 Å². The Hall–Kier alpha value is -1.36. The smallest absolute Gasteiger partial charge is 0.308 e. The normalized spacial score (nSPS) is 26.5. The van der Waals surface area contributed by atoms with E-state index in [1.54, 1.807) is 13.1 Å². The number of carboxylic acid groups (broad SMARTS) is 1. The molecular formula is C10H14N2O3. The van der Waals surface area contributed by atoms with E-state index in [-0.39, 0.29) is 5.92 Å². The Balaban J connectivity index is 2.21. The maximum absolute atomic E-state index is 11.0. The largest absolute Gasteiger partial charge is 0.481 e. The topological polar surface area (TPSA) is 75.4 Å². The molecule has 1 aromatic heterocycles. The lowest BCUT2D eigenvalue weighted by molar-refractivity contribution is -0.143. The van der Waals surface area contributed by atoms with Crippen molar-refractivity contribution in [3.63, 3.8) is 0 Å². The number of aromatic nitrogens is 1. The average molecular weight is 210 g/mol. The number of nitrogens with one attached hydrogen (secondary N) is 1. The minimum Gasteiger partial charge on any atom is -0.481 e. The molecule has 5 nitrogen and oxygen atoms in total. The maximum Gasteiger partial charge on any atom is 0.308 e. The highest BCUT2D eigenvalue weighted by Gasteiger charge is 2.33. The van der Waals surface area contributed by atoms with E-state index in [0.29, 0.717) is 18.2 Å². The van der Waals surface area contributed by atoms with Crippen molar-refractivity contribution in [3.05, 3.63) is 17.8 Å². The van der Waals surface area contributed by atoms with Gasteiger partial charge in [0, 0.05) is 19.4 Å². The zero-order valence-electron chi connectivity index (χ0n) is 8.56. The van der Waals surface area contributed by atoms with Crippen molar-refractivity contribution in [2.24, 2.45) is 5.92 Å². The Morgan fingerprint density at radius 3 is 3.13 bits per heavy atom. The molecule has 0 radical (unpaired) electrons. The van der Waals surface area contributed by atoms with Crippen molar-refractivity contribution in [2.75, 3.05) is 13.1 Å². The van der Waals surface area contributed by atoms with E-state index >= 15 is 0 Å². The summed E-state index contributed by atoms with van der Waals surface area (Å²) in [6, 6.07) is 0. The average Bonchev–Trinajstić information content (AvgIpc) is 2.65. The number of nitrogens with zero attached hydrogens (tertiary/aromatic N) is 1. The molecule has 1 fully saturated rings. The summed E-state index contributed by atoms with van der Waals surface area (Å²) in [6.45, 7) is 3.09. The number of hydrogen-bond donors (Lipinski definition) is 2. The van der Waals surface area contributed by atoms with Gasteiger partial charge >= 0.3 is 5.97 Å². The summed E-state index contributed by atoms with van der Waals surface area (Å²) in [5, 5.41) is 12.2. The van der Waals surface area contributed by atoms with Crippen LogP contribution in [0.5, 0.6) is 0 Å². The van der Waals surface area contributed by atoms with E-state index in [9.17, 15) is 4.79 Å². The van der Waals surface area contributed by atoms with Crippen LogP contribution in [0.1, 0.15) is 24.0 Å². The molecule has 0 bridgehead atoms. The van der Waals surface area contributed by atoms with Crippen molar-refractivity contribution >= 4 is 5.97 Å². The fraction of sp³-hybridized carbons (Fsp3) is 0.600. The summed E-state index contributed by atoms with van der Waals surface area (Å²) >= 11 is 0. The Morgan fingerprint density at radius 2 is 2.53 bits per heavy atom. The van der Waals surface area contributed by atoms with Crippen LogP contribution in [0.3, 0.4) is 0 Å². The molecule has 0 amide bonds. The Bertz CT molecular complexity index is 361. The van der Waals surface area contributed by atoms with Gasteiger partial charge < -0.3 is 14.8 Å². The minimum atomic E-state index is -0.777. The maximum atomic E-state index is 11.0. The second-order valence-corrected chi connectivity index (χ2v) is 3.83. The third kappa shape index (κ3) is 2.02. The molecule has 0 spiro atoms. The second-order valence-electron chi connectivity index (χ2n) is 3.83. The van der Waals surface area contributed by atoms with E-state index in [1.807, 2.05) is 0 Å². The minimum absolute atomic E-state index is 0.0510. The lowest BCUT2D eigenvalue weighted by Crippen LogP contribution is -2.39. The molecule has 0 aliphatic carbocycles. The van der Waals surface area contributed by atoms with Gasteiger partial charge in [-0.3, -0.25) is 4.79 Å². The van der Waals surface area contributed by atoms with Crippen LogP contribution in [-0.4, -0.2) is 29.1 Å². The van der Waals surface area contributed by atoms with Crippen molar-refractivity contribution in [1.82, 2.24) is 10.3 Å². The number of aliphatic carboxylic acids is 1. The molecule has 2 unspecified atom stereocenters. The van der Waals surface area contributed by atoms with E-state index in [4.69, 9.17) is 9.52 Å². The monoisotopic (exact) mass is 210 g/mol.